The van der Waals surface area contributed by atoms with E-state index in [0.29, 0.717) is 11.8 Å². The first-order chi connectivity index (χ1) is 7.69. The summed E-state index contributed by atoms with van der Waals surface area (Å²) < 4.78 is 0. The minimum Gasteiger partial charge on any atom is -0.342 e. The van der Waals surface area contributed by atoms with E-state index in [2.05, 4.69) is 31.2 Å². The van der Waals surface area contributed by atoms with E-state index in [1.807, 2.05) is 25.1 Å². The van der Waals surface area contributed by atoms with Gasteiger partial charge in [0.25, 0.3) is 0 Å². The third-order valence-corrected chi connectivity index (χ3v) is 2.60. The number of anilines is 1. The summed E-state index contributed by atoms with van der Waals surface area (Å²) in [5, 5.41) is 3.50. The lowest BCUT2D eigenvalue weighted by Crippen LogP contribution is -2.11. The number of benzene rings is 1. The third kappa shape index (κ3) is 2.41. The highest BCUT2D eigenvalue weighted by molar-refractivity contribution is 9.09. The minimum atomic E-state index is 0.00691. The predicted molar refractivity (Wildman–Crippen MR) is 67.9 cm³/mol. The largest absolute Gasteiger partial charge is 0.342 e. The Hall–Kier alpha value is -1.36. The number of H-pyrrole nitrogens is 1. The fraction of sp³-hybridized carbons (Fsp3) is 0.273. The minimum absolute atomic E-state index is 0.00691. The average Bonchev–Trinajstić information content (AvgIpc) is 2.57. The maximum absolute atomic E-state index is 11.4. The molecule has 2 rings (SSSR count). The highest BCUT2D eigenvalue weighted by atomic mass is 79.9. The molecule has 4 nitrogen and oxygen atoms in total. The second-order valence-electron chi connectivity index (χ2n) is 3.54. The van der Waals surface area contributed by atoms with Crippen LogP contribution in [0.25, 0.3) is 11.0 Å². The molecule has 0 aliphatic rings. The summed E-state index contributed by atoms with van der Waals surface area (Å²) in [4.78, 5) is 18.8. The van der Waals surface area contributed by atoms with Crippen LogP contribution in [-0.2, 0) is 4.79 Å². The fourth-order valence-electron chi connectivity index (χ4n) is 1.52. The van der Waals surface area contributed by atoms with Gasteiger partial charge in [0, 0.05) is 17.4 Å². The number of carbonyl (C=O) groups is 1. The van der Waals surface area contributed by atoms with Crippen molar-refractivity contribution in [2.24, 2.45) is 0 Å². The molecular weight excluding hydrogens is 270 g/mol. The van der Waals surface area contributed by atoms with Crippen molar-refractivity contribution in [3.8, 4) is 0 Å². The van der Waals surface area contributed by atoms with E-state index >= 15 is 0 Å². The van der Waals surface area contributed by atoms with E-state index in [4.69, 9.17) is 0 Å². The number of halogens is 1. The average molecular weight is 282 g/mol. The van der Waals surface area contributed by atoms with Gasteiger partial charge in [-0.2, -0.15) is 0 Å². The molecule has 1 amide bonds. The summed E-state index contributed by atoms with van der Waals surface area (Å²) in [7, 11) is 0. The third-order valence-electron chi connectivity index (χ3n) is 2.21. The van der Waals surface area contributed by atoms with Crippen molar-refractivity contribution in [2.45, 2.75) is 13.3 Å². The summed E-state index contributed by atoms with van der Waals surface area (Å²) >= 11 is 3.23. The molecule has 0 radical (unpaired) electrons. The number of nitrogens with one attached hydrogen (secondary N) is 2. The van der Waals surface area contributed by atoms with Gasteiger partial charge in [0.1, 0.15) is 5.82 Å². The number of amides is 1. The number of carbonyl (C=O) groups excluding carboxylic acids is 1. The van der Waals surface area contributed by atoms with Crippen molar-refractivity contribution in [3.63, 3.8) is 0 Å². The molecule has 5 heteroatoms. The van der Waals surface area contributed by atoms with E-state index in [9.17, 15) is 4.79 Å². The molecule has 0 spiro atoms. The Kier molecular flexibility index (Phi) is 3.24. The van der Waals surface area contributed by atoms with Crippen LogP contribution in [0.15, 0.2) is 18.2 Å². The number of aryl methyl sites for hydroxylation is 1. The first kappa shape index (κ1) is 11.1. The number of nitrogens with zero attached hydrogens (tertiary/aromatic N) is 1. The lowest BCUT2D eigenvalue weighted by molar-refractivity contribution is -0.115. The Morgan fingerprint density at radius 1 is 1.56 bits per heavy atom. The molecular formula is C11H12BrN3O. The van der Waals surface area contributed by atoms with Crippen molar-refractivity contribution in [2.75, 3.05) is 10.6 Å². The highest BCUT2D eigenvalue weighted by Gasteiger charge is 2.03. The zero-order valence-corrected chi connectivity index (χ0v) is 10.5. The Morgan fingerprint density at radius 3 is 3.12 bits per heavy atom. The Labute approximate surface area is 102 Å². The zero-order valence-electron chi connectivity index (χ0n) is 8.88. The van der Waals surface area contributed by atoms with E-state index < -0.39 is 0 Å². The molecule has 1 heterocycles. The van der Waals surface area contributed by atoms with E-state index in [-0.39, 0.29) is 5.91 Å². The monoisotopic (exact) mass is 281 g/mol. The molecule has 0 bridgehead atoms. The zero-order chi connectivity index (χ0) is 11.5. The lowest BCUT2D eigenvalue weighted by Gasteiger charge is -2.03. The van der Waals surface area contributed by atoms with Crippen LogP contribution in [0.5, 0.6) is 0 Å². The highest BCUT2D eigenvalue weighted by Crippen LogP contribution is 2.17. The van der Waals surface area contributed by atoms with Crippen LogP contribution in [0.4, 0.5) is 5.69 Å². The Bertz CT molecular complexity index is 521. The molecule has 16 heavy (non-hydrogen) atoms. The summed E-state index contributed by atoms with van der Waals surface area (Å²) in [6, 6.07) is 5.64. The lowest BCUT2D eigenvalue weighted by atomic mass is 10.2. The van der Waals surface area contributed by atoms with Gasteiger partial charge in [-0.3, -0.25) is 4.79 Å². The van der Waals surface area contributed by atoms with Crippen LogP contribution in [0.2, 0.25) is 0 Å². The van der Waals surface area contributed by atoms with Crippen LogP contribution in [-0.4, -0.2) is 21.2 Å². The molecule has 1 aromatic heterocycles. The molecule has 2 aromatic rings. The molecule has 1 aromatic carbocycles. The Morgan fingerprint density at radius 2 is 2.38 bits per heavy atom. The van der Waals surface area contributed by atoms with Gasteiger partial charge < -0.3 is 10.3 Å². The fourth-order valence-corrected chi connectivity index (χ4v) is 1.88. The quantitative estimate of drug-likeness (QED) is 0.850. The number of hydrogen-bond donors (Lipinski definition) is 2. The summed E-state index contributed by atoms with van der Waals surface area (Å²) in [6.45, 7) is 1.91. The summed E-state index contributed by atoms with van der Waals surface area (Å²) in [5.74, 6) is 0.881. The van der Waals surface area contributed by atoms with E-state index in [1.54, 1.807) is 0 Å². The molecule has 0 aliphatic carbocycles. The first-order valence-corrected chi connectivity index (χ1v) is 6.13. The van der Waals surface area contributed by atoms with E-state index in [1.165, 1.54) is 0 Å². The van der Waals surface area contributed by atoms with Gasteiger partial charge in [-0.25, -0.2) is 4.98 Å². The molecule has 0 fully saturated rings. The van der Waals surface area contributed by atoms with Crippen molar-refractivity contribution in [3.05, 3.63) is 24.0 Å². The predicted octanol–water partition coefficient (Wildman–Crippen LogP) is 2.59. The summed E-state index contributed by atoms with van der Waals surface area (Å²) in [6.07, 6.45) is 0.472. The molecule has 0 unspecified atom stereocenters. The van der Waals surface area contributed by atoms with Crippen LogP contribution in [0.3, 0.4) is 0 Å². The SMILES string of the molecule is Cc1nc2ccc(NC(=O)CCBr)cc2[nH]1. The number of imidazole rings is 1. The van der Waals surface area contributed by atoms with Crippen LogP contribution >= 0.6 is 15.9 Å². The van der Waals surface area contributed by atoms with Crippen LogP contribution in [0, 0.1) is 6.92 Å². The molecule has 84 valence electrons. The number of rotatable bonds is 3. The van der Waals surface area contributed by atoms with E-state index in [0.717, 1.165) is 22.5 Å². The molecule has 2 N–H and O–H groups in total. The van der Waals surface area contributed by atoms with Crippen LogP contribution in [0.1, 0.15) is 12.2 Å². The van der Waals surface area contributed by atoms with Gasteiger partial charge >= 0.3 is 0 Å². The topological polar surface area (TPSA) is 57.8 Å². The van der Waals surface area contributed by atoms with Gasteiger partial charge in [-0.15, -0.1) is 0 Å². The van der Waals surface area contributed by atoms with Crippen LogP contribution < -0.4 is 5.32 Å². The van der Waals surface area contributed by atoms with Crippen molar-refractivity contribution in [1.82, 2.24) is 9.97 Å². The standard InChI is InChI=1S/C11H12BrN3O/c1-7-13-9-3-2-8(6-10(9)14-7)15-11(16)4-5-12/h2-3,6H,4-5H2,1H3,(H,13,14)(H,15,16). The van der Waals surface area contributed by atoms with Crippen molar-refractivity contribution in [1.29, 1.82) is 0 Å². The van der Waals surface area contributed by atoms with Crippen molar-refractivity contribution >= 4 is 38.6 Å². The normalized spacial score (nSPS) is 10.6. The first-order valence-electron chi connectivity index (χ1n) is 5.01. The summed E-state index contributed by atoms with van der Waals surface area (Å²) in [5.41, 5.74) is 2.65. The number of aromatic nitrogens is 2. The van der Waals surface area contributed by atoms with Gasteiger partial charge in [0.05, 0.1) is 11.0 Å². The maximum atomic E-state index is 11.4. The molecule has 0 atom stereocenters. The second-order valence-corrected chi connectivity index (χ2v) is 4.33. The second kappa shape index (κ2) is 4.65. The molecule has 0 saturated heterocycles. The number of hydrogen-bond acceptors (Lipinski definition) is 2. The maximum Gasteiger partial charge on any atom is 0.225 e. The van der Waals surface area contributed by atoms with Gasteiger partial charge in [0.15, 0.2) is 0 Å². The van der Waals surface area contributed by atoms with Gasteiger partial charge in [0.2, 0.25) is 5.91 Å². The number of alkyl halides is 1. The number of fused-ring (bicyclic) bond motifs is 1. The van der Waals surface area contributed by atoms with Crippen molar-refractivity contribution < 1.29 is 4.79 Å². The number of aromatic amines is 1. The molecule has 0 aliphatic heterocycles. The smallest absolute Gasteiger partial charge is 0.225 e. The van der Waals surface area contributed by atoms with Gasteiger partial charge in [-0.05, 0) is 25.1 Å². The molecule has 0 saturated carbocycles. The van der Waals surface area contributed by atoms with Gasteiger partial charge in [-0.1, -0.05) is 15.9 Å². The Balaban J connectivity index is 2.22.